The topological polar surface area (TPSA) is 54.4 Å². The molecule has 2 aliphatic heterocycles. The van der Waals surface area contributed by atoms with Gasteiger partial charge in [0.2, 0.25) is 0 Å². The van der Waals surface area contributed by atoms with Gasteiger partial charge in [-0.2, -0.15) is 0 Å². The number of hydrogen-bond acceptors (Lipinski definition) is 6. The van der Waals surface area contributed by atoms with Crippen LogP contribution in [-0.2, 0) is 14.3 Å². The average Bonchev–Trinajstić information content (AvgIpc) is 2.75. The molecule has 0 aromatic heterocycles. The molecule has 0 bridgehead atoms. The predicted molar refractivity (Wildman–Crippen MR) is 135 cm³/mol. The molecule has 2 heterocycles. The molecule has 2 aliphatic rings. The molecule has 2 aromatic carbocycles. The zero-order chi connectivity index (χ0) is 22.3. The van der Waals surface area contributed by atoms with Crippen molar-refractivity contribution in [2.24, 2.45) is 4.99 Å². The van der Waals surface area contributed by atoms with Gasteiger partial charge in [0.1, 0.15) is 0 Å². The summed E-state index contributed by atoms with van der Waals surface area (Å²) in [5, 5.41) is 1.10. The molecular weight excluding hydrogens is 525 g/mol. The van der Waals surface area contributed by atoms with Gasteiger partial charge in [-0.05, 0) is 77.4 Å². The molecule has 6 nitrogen and oxygen atoms in total. The van der Waals surface area contributed by atoms with Gasteiger partial charge < -0.3 is 19.3 Å². The molecule has 0 aliphatic carbocycles. The fourth-order valence-electron chi connectivity index (χ4n) is 3.95. The van der Waals surface area contributed by atoms with Gasteiger partial charge in [-0.15, -0.1) is 0 Å². The summed E-state index contributed by atoms with van der Waals surface area (Å²) in [6, 6.07) is 8.89. The first-order valence-corrected chi connectivity index (χ1v) is 14.2. The standard InChI is InChI=1S/C23H28IN3O3S/c1-6-29-23(28)18-13-27(7-8-30-18)17-10-15(3)22-20(12-17)31(24)19-11-16(26(4)5)9-14(2)21(19)25-22/h9-12,18H,6-8,13H2,1-5H3. The number of anilines is 2. The summed E-state index contributed by atoms with van der Waals surface area (Å²) in [6.45, 7) is 8.21. The first-order chi connectivity index (χ1) is 14.8. The highest BCUT2D eigenvalue weighted by Crippen LogP contribution is 2.48. The zero-order valence-corrected chi connectivity index (χ0v) is 21.5. The van der Waals surface area contributed by atoms with E-state index in [4.69, 9.17) is 14.5 Å². The van der Waals surface area contributed by atoms with Crippen LogP contribution in [0, 0.1) is 18.4 Å². The third-order valence-electron chi connectivity index (χ3n) is 5.61. The van der Waals surface area contributed by atoms with E-state index >= 15 is 0 Å². The van der Waals surface area contributed by atoms with E-state index in [1.807, 2.05) is 6.92 Å². The van der Waals surface area contributed by atoms with Crippen LogP contribution in [0.1, 0.15) is 18.1 Å². The van der Waals surface area contributed by atoms with Crippen molar-refractivity contribution < 1.29 is 14.3 Å². The van der Waals surface area contributed by atoms with E-state index in [1.165, 1.54) is 20.7 Å². The molecule has 166 valence electrons. The van der Waals surface area contributed by atoms with E-state index < -0.39 is 6.10 Å². The molecule has 1 fully saturated rings. The molecule has 1 saturated heterocycles. The molecule has 2 atom stereocenters. The van der Waals surface area contributed by atoms with Crippen molar-refractivity contribution in [1.29, 1.82) is 0 Å². The Morgan fingerprint density at radius 1 is 1.29 bits per heavy atom. The summed E-state index contributed by atoms with van der Waals surface area (Å²) in [7, 11) is 4.02. The van der Waals surface area contributed by atoms with Crippen LogP contribution < -0.4 is 15.2 Å². The predicted octanol–water partition coefficient (Wildman–Crippen LogP) is 4.33. The van der Waals surface area contributed by atoms with Crippen LogP contribution in [-0.4, -0.2) is 52.5 Å². The number of morpholine rings is 1. The third-order valence-corrected chi connectivity index (χ3v) is 9.85. The van der Waals surface area contributed by atoms with Crippen molar-refractivity contribution in [3.8, 4) is 0 Å². The van der Waals surface area contributed by atoms with Gasteiger partial charge in [-0.25, -0.2) is 9.79 Å². The molecule has 0 saturated carbocycles. The van der Waals surface area contributed by atoms with E-state index in [9.17, 15) is 4.79 Å². The number of ether oxygens (including phenoxy) is 2. The van der Waals surface area contributed by atoms with Gasteiger partial charge in [0.25, 0.3) is 0 Å². The Kier molecular flexibility index (Phi) is 6.60. The number of aryl methyl sites for hydroxylation is 2. The number of benzene rings is 2. The maximum absolute atomic E-state index is 12.2. The van der Waals surface area contributed by atoms with Crippen molar-refractivity contribution in [3.63, 3.8) is 0 Å². The van der Waals surface area contributed by atoms with Crippen molar-refractivity contribution in [1.82, 2.24) is 0 Å². The molecule has 0 radical (unpaired) electrons. The van der Waals surface area contributed by atoms with Crippen molar-refractivity contribution in [2.45, 2.75) is 31.8 Å². The Hall–Kier alpha value is -1.65. The summed E-state index contributed by atoms with van der Waals surface area (Å²) in [6.07, 6.45) is -0.543. The number of rotatable bonds is 4. The van der Waals surface area contributed by atoms with Gasteiger partial charge in [-0.1, -0.05) is 7.66 Å². The van der Waals surface area contributed by atoms with Gasteiger partial charge in [0.05, 0.1) is 30.8 Å². The summed E-state index contributed by atoms with van der Waals surface area (Å²) in [4.78, 5) is 22.9. The smallest absolute Gasteiger partial charge is 0.337 e. The van der Waals surface area contributed by atoms with Crippen LogP contribution in [0.5, 0.6) is 0 Å². The van der Waals surface area contributed by atoms with Crippen molar-refractivity contribution >= 4 is 51.9 Å². The number of nitrogens with zero attached hydrogens (tertiary/aromatic N) is 3. The molecule has 4 rings (SSSR count). The normalized spacial score (nSPS) is 19.9. The van der Waals surface area contributed by atoms with E-state index in [0.29, 0.717) is 19.8 Å². The van der Waals surface area contributed by atoms with Crippen LogP contribution in [0.4, 0.5) is 17.1 Å². The Morgan fingerprint density at radius 2 is 2.06 bits per heavy atom. The minimum Gasteiger partial charge on any atom is -0.464 e. The fraction of sp³-hybridized carbons (Fsp3) is 0.435. The lowest BCUT2D eigenvalue weighted by molar-refractivity contribution is -0.157. The van der Waals surface area contributed by atoms with Crippen molar-refractivity contribution in [2.75, 3.05) is 50.2 Å². The lowest BCUT2D eigenvalue weighted by Gasteiger charge is -2.34. The van der Waals surface area contributed by atoms with Crippen LogP contribution >= 0.6 is 28.9 Å². The highest BCUT2D eigenvalue weighted by Gasteiger charge is 2.29. The fourth-order valence-corrected chi connectivity index (χ4v) is 7.40. The highest BCUT2D eigenvalue weighted by molar-refractivity contribution is 14.2. The monoisotopic (exact) mass is 553 g/mol. The number of carbonyl (C=O) groups excluding carboxylic acids is 1. The van der Waals surface area contributed by atoms with E-state index in [-0.39, 0.29) is 13.6 Å². The van der Waals surface area contributed by atoms with Gasteiger partial charge >= 0.3 is 5.97 Å². The van der Waals surface area contributed by atoms with E-state index in [0.717, 1.165) is 28.8 Å². The second-order valence-electron chi connectivity index (χ2n) is 8.04. The number of fused-ring (bicyclic) bond motifs is 2. The number of esters is 1. The van der Waals surface area contributed by atoms with Crippen LogP contribution in [0.3, 0.4) is 0 Å². The largest absolute Gasteiger partial charge is 0.464 e. The Balaban J connectivity index is 1.77. The lowest BCUT2D eigenvalue weighted by atomic mass is 10.1. The molecule has 0 N–H and O–H groups in total. The number of carbonyl (C=O) groups is 1. The molecule has 2 aromatic rings. The first-order valence-electron chi connectivity index (χ1n) is 10.4. The maximum Gasteiger partial charge on any atom is 0.337 e. The lowest BCUT2D eigenvalue weighted by Crippen LogP contribution is -2.46. The Bertz CT molecular complexity index is 1170. The second-order valence-corrected chi connectivity index (χ2v) is 12.1. The summed E-state index contributed by atoms with van der Waals surface area (Å²) < 4.78 is 12.1. The summed E-state index contributed by atoms with van der Waals surface area (Å²) in [5.41, 5.74) is 5.74. The molecule has 0 spiro atoms. The second kappa shape index (κ2) is 9.07. The van der Waals surface area contributed by atoms with Crippen LogP contribution in [0.25, 0.3) is 0 Å². The van der Waals surface area contributed by atoms with Crippen LogP contribution in [0.2, 0.25) is 0 Å². The SMILES string of the molecule is CCOC(=O)C1CN(c2cc(C)c3c(c2)S(I)=c2cc(N(C)C)cc(C)c2=N3)CCO1. The third kappa shape index (κ3) is 4.34. The number of hydrogen-bond donors (Lipinski definition) is 0. The highest BCUT2D eigenvalue weighted by atomic mass is 127. The number of halogens is 1. The molecule has 31 heavy (non-hydrogen) atoms. The maximum atomic E-state index is 12.2. The summed E-state index contributed by atoms with van der Waals surface area (Å²) >= 11 is 2.56. The Morgan fingerprint density at radius 3 is 2.77 bits per heavy atom. The Labute approximate surface area is 197 Å². The minimum atomic E-state index is -0.543. The molecular formula is C23H28IN3O3S. The summed E-state index contributed by atoms with van der Waals surface area (Å²) in [5.74, 6) is -0.286. The minimum absolute atomic E-state index is 0.123. The van der Waals surface area contributed by atoms with E-state index in [1.54, 1.807) is 0 Å². The molecule has 0 amide bonds. The van der Waals surface area contributed by atoms with Gasteiger partial charge in [0.15, 0.2) is 6.10 Å². The average molecular weight is 553 g/mol. The molecule has 8 heteroatoms. The van der Waals surface area contributed by atoms with E-state index in [2.05, 4.69) is 83.2 Å². The zero-order valence-electron chi connectivity index (χ0n) is 18.6. The quantitative estimate of drug-likeness (QED) is 0.321. The van der Waals surface area contributed by atoms with Crippen molar-refractivity contribution in [3.05, 3.63) is 45.3 Å². The van der Waals surface area contributed by atoms with Gasteiger partial charge in [0, 0.05) is 41.4 Å². The van der Waals surface area contributed by atoms with Crippen LogP contribution in [0.15, 0.2) is 34.2 Å². The molecule has 2 unspecified atom stereocenters. The van der Waals surface area contributed by atoms with Gasteiger partial charge in [-0.3, -0.25) is 0 Å². The first kappa shape index (κ1) is 22.5.